The van der Waals surface area contributed by atoms with Gasteiger partial charge in [0.1, 0.15) is 0 Å². The third kappa shape index (κ3) is 2.44. The molecule has 0 spiro atoms. The number of carbonyl (C=O) groups excluding carboxylic acids is 2. The highest BCUT2D eigenvalue weighted by molar-refractivity contribution is 6.34. The van der Waals surface area contributed by atoms with Gasteiger partial charge in [-0.3, -0.25) is 9.59 Å². The van der Waals surface area contributed by atoms with Gasteiger partial charge in [-0.05, 0) is 104 Å². The summed E-state index contributed by atoms with van der Waals surface area (Å²) in [7, 11) is 0. The average Bonchev–Trinajstić information content (AvgIpc) is 2.97. The van der Waals surface area contributed by atoms with Gasteiger partial charge in [0.2, 0.25) is 0 Å². The zero-order chi connectivity index (χ0) is 20.6. The molecule has 30 heavy (non-hydrogen) atoms. The van der Waals surface area contributed by atoms with Crippen LogP contribution in [0.15, 0.2) is 42.5 Å². The molecule has 5 heteroatoms. The first-order valence-corrected chi connectivity index (χ1v) is 10.8. The van der Waals surface area contributed by atoms with Crippen LogP contribution in [0, 0.1) is 17.8 Å². The lowest BCUT2D eigenvalue weighted by atomic mass is 9.48. The van der Waals surface area contributed by atoms with E-state index >= 15 is 0 Å². The number of aromatic carboxylic acids is 1. The van der Waals surface area contributed by atoms with Crippen LogP contribution in [0.1, 0.15) is 75.2 Å². The number of nitrogens with zero attached hydrogens (tertiary/aromatic N) is 1. The lowest BCUT2D eigenvalue weighted by molar-refractivity contribution is -0.00520. The molecule has 0 unspecified atom stereocenters. The number of carboxylic acid groups (broad SMARTS) is 1. The van der Waals surface area contributed by atoms with Gasteiger partial charge in [0.15, 0.2) is 0 Å². The minimum Gasteiger partial charge on any atom is -0.478 e. The number of carboxylic acids is 1. The number of fused-ring (bicyclic) bond motifs is 1. The highest BCUT2D eigenvalue weighted by atomic mass is 16.4. The number of rotatable bonds is 3. The summed E-state index contributed by atoms with van der Waals surface area (Å²) < 4.78 is 0. The third-order valence-electron chi connectivity index (χ3n) is 7.91. The number of benzene rings is 2. The Bertz CT molecular complexity index is 1070. The minimum atomic E-state index is -1.04. The van der Waals surface area contributed by atoms with Crippen molar-refractivity contribution in [3.63, 3.8) is 0 Å². The van der Waals surface area contributed by atoms with Crippen molar-refractivity contribution in [2.45, 2.75) is 43.9 Å². The first-order chi connectivity index (χ1) is 14.4. The number of carbonyl (C=O) groups is 3. The van der Waals surface area contributed by atoms with Gasteiger partial charge in [-0.15, -0.1) is 0 Å². The molecule has 0 atom stereocenters. The van der Waals surface area contributed by atoms with Crippen molar-refractivity contribution in [3.8, 4) is 0 Å². The predicted octanol–water partition coefficient (Wildman–Crippen LogP) is 4.65. The van der Waals surface area contributed by atoms with Crippen LogP contribution in [0.3, 0.4) is 0 Å². The summed E-state index contributed by atoms with van der Waals surface area (Å²) >= 11 is 0. The summed E-state index contributed by atoms with van der Waals surface area (Å²) in [4.78, 5) is 38.4. The third-order valence-corrected chi connectivity index (χ3v) is 7.91. The molecular formula is C25H23NO4. The summed E-state index contributed by atoms with van der Waals surface area (Å²) in [5.74, 6) is 0.743. The fraction of sp³-hybridized carbons (Fsp3) is 0.400. The highest BCUT2D eigenvalue weighted by Crippen LogP contribution is 2.60. The van der Waals surface area contributed by atoms with Gasteiger partial charge in [0, 0.05) is 0 Å². The van der Waals surface area contributed by atoms with Crippen molar-refractivity contribution in [1.82, 2.24) is 0 Å². The second kappa shape index (κ2) is 6.03. The van der Waals surface area contributed by atoms with E-state index in [-0.39, 0.29) is 22.8 Å². The standard InChI is InChI=1S/C25H23NO4/c27-22-20-6-3-18(25-11-14-7-15(12-25)9-16(8-14)13-25)10-21(20)23(28)26(22)19-4-1-17(2-5-19)24(29)30/h1-6,10,14-16H,7-9,11-13H2,(H,29,30). The van der Waals surface area contributed by atoms with Crippen LogP contribution >= 0.6 is 0 Å². The first-order valence-electron chi connectivity index (χ1n) is 10.8. The zero-order valence-corrected chi connectivity index (χ0v) is 16.6. The van der Waals surface area contributed by atoms with Crippen molar-refractivity contribution in [3.05, 3.63) is 64.7 Å². The maximum atomic E-state index is 13.2. The van der Waals surface area contributed by atoms with Gasteiger partial charge in [-0.25, -0.2) is 9.69 Å². The molecule has 4 aliphatic carbocycles. The van der Waals surface area contributed by atoms with Crippen LogP contribution in [-0.2, 0) is 5.41 Å². The Balaban J connectivity index is 1.36. The van der Waals surface area contributed by atoms with Gasteiger partial charge >= 0.3 is 5.97 Å². The number of anilines is 1. The predicted molar refractivity (Wildman–Crippen MR) is 111 cm³/mol. The summed E-state index contributed by atoms with van der Waals surface area (Å²) in [5, 5.41) is 9.09. The number of hydrogen-bond donors (Lipinski definition) is 1. The second-order valence-electron chi connectivity index (χ2n) is 9.76. The molecule has 1 N–H and O–H groups in total. The average molecular weight is 401 g/mol. The molecule has 0 radical (unpaired) electrons. The topological polar surface area (TPSA) is 74.7 Å². The molecule has 2 aromatic rings. The molecule has 2 amide bonds. The fourth-order valence-corrected chi connectivity index (χ4v) is 7.02. The maximum absolute atomic E-state index is 13.2. The quantitative estimate of drug-likeness (QED) is 0.760. The van der Waals surface area contributed by atoms with Crippen molar-refractivity contribution < 1.29 is 19.5 Å². The van der Waals surface area contributed by atoms with Crippen molar-refractivity contribution in [2.75, 3.05) is 4.90 Å². The van der Waals surface area contributed by atoms with E-state index in [2.05, 4.69) is 6.07 Å². The van der Waals surface area contributed by atoms with Crippen molar-refractivity contribution in [2.24, 2.45) is 17.8 Å². The van der Waals surface area contributed by atoms with E-state index in [4.69, 9.17) is 5.11 Å². The van der Waals surface area contributed by atoms with Gasteiger partial charge in [0.05, 0.1) is 22.4 Å². The van der Waals surface area contributed by atoms with E-state index in [1.807, 2.05) is 12.1 Å². The number of imide groups is 1. The summed E-state index contributed by atoms with van der Waals surface area (Å²) in [6, 6.07) is 11.8. The Kier molecular flexibility index (Phi) is 3.59. The van der Waals surface area contributed by atoms with Crippen LogP contribution in [0.4, 0.5) is 5.69 Å². The van der Waals surface area contributed by atoms with Gasteiger partial charge < -0.3 is 5.11 Å². The smallest absolute Gasteiger partial charge is 0.335 e. The van der Waals surface area contributed by atoms with Crippen LogP contribution in [0.25, 0.3) is 0 Å². The molecule has 5 aliphatic rings. The lowest BCUT2D eigenvalue weighted by Gasteiger charge is -2.57. The second-order valence-corrected chi connectivity index (χ2v) is 9.76. The molecule has 7 rings (SSSR count). The summed E-state index contributed by atoms with van der Waals surface area (Å²) in [6.07, 6.45) is 7.71. The maximum Gasteiger partial charge on any atom is 0.335 e. The zero-order valence-electron chi connectivity index (χ0n) is 16.6. The van der Waals surface area contributed by atoms with Crippen LogP contribution < -0.4 is 4.90 Å². The molecule has 1 aliphatic heterocycles. The molecule has 4 bridgehead atoms. The van der Waals surface area contributed by atoms with Gasteiger partial charge in [0.25, 0.3) is 11.8 Å². The lowest BCUT2D eigenvalue weighted by Crippen LogP contribution is -2.48. The van der Waals surface area contributed by atoms with Crippen molar-refractivity contribution in [1.29, 1.82) is 0 Å². The molecule has 4 saturated carbocycles. The Labute approximate surface area is 174 Å². The largest absolute Gasteiger partial charge is 0.478 e. The molecule has 5 nitrogen and oxygen atoms in total. The Hall–Kier alpha value is -2.95. The first kappa shape index (κ1) is 17.9. The molecular weight excluding hydrogens is 378 g/mol. The normalized spacial score (nSPS) is 31.3. The van der Waals surface area contributed by atoms with E-state index in [1.165, 1.54) is 73.3 Å². The molecule has 1 heterocycles. The minimum absolute atomic E-state index is 0.125. The molecule has 0 saturated heterocycles. The summed E-state index contributed by atoms with van der Waals surface area (Å²) in [6.45, 7) is 0. The fourth-order valence-electron chi connectivity index (χ4n) is 7.02. The van der Waals surface area contributed by atoms with E-state index in [0.29, 0.717) is 16.8 Å². The van der Waals surface area contributed by atoms with Crippen LogP contribution in [0.5, 0.6) is 0 Å². The SMILES string of the molecule is O=C(O)c1ccc(N2C(=O)c3ccc(C45CC6CC(CC(C6)C4)C5)cc3C2=O)cc1. The van der Waals surface area contributed by atoms with E-state index in [0.717, 1.165) is 17.8 Å². The summed E-state index contributed by atoms with van der Waals surface area (Å²) in [5.41, 5.74) is 2.85. The van der Waals surface area contributed by atoms with E-state index in [1.54, 1.807) is 0 Å². The Morgan fingerprint density at radius 1 is 0.833 bits per heavy atom. The monoisotopic (exact) mass is 401 g/mol. The number of hydrogen-bond acceptors (Lipinski definition) is 3. The van der Waals surface area contributed by atoms with Gasteiger partial charge in [-0.1, -0.05) is 6.07 Å². The van der Waals surface area contributed by atoms with Crippen LogP contribution in [0.2, 0.25) is 0 Å². The van der Waals surface area contributed by atoms with Crippen molar-refractivity contribution >= 4 is 23.5 Å². The van der Waals surface area contributed by atoms with E-state index in [9.17, 15) is 14.4 Å². The molecule has 4 fully saturated rings. The molecule has 0 aromatic heterocycles. The highest BCUT2D eigenvalue weighted by Gasteiger charge is 2.52. The molecule has 152 valence electrons. The molecule has 2 aromatic carbocycles. The Morgan fingerprint density at radius 2 is 1.40 bits per heavy atom. The van der Waals surface area contributed by atoms with Gasteiger partial charge in [-0.2, -0.15) is 0 Å². The number of amides is 2. The van der Waals surface area contributed by atoms with Crippen LogP contribution in [-0.4, -0.2) is 22.9 Å². The Morgan fingerprint density at radius 3 is 1.97 bits per heavy atom. The van der Waals surface area contributed by atoms with E-state index < -0.39 is 5.97 Å².